The summed E-state index contributed by atoms with van der Waals surface area (Å²) in [5, 5.41) is 12.5. The molecule has 0 saturated heterocycles. The Bertz CT molecular complexity index is 402. The largest absolute Gasteiger partial charge is 0.493 e. The van der Waals surface area contributed by atoms with Crippen molar-refractivity contribution in [2.24, 2.45) is 0 Å². The van der Waals surface area contributed by atoms with Gasteiger partial charge in [0.15, 0.2) is 11.5 Å². The van der Waals surface area contributed by atoms with E-state index in [1.807, 2.05) is 32.9 Å². The fourth-order valence-electron chi connectivity index (χ4n) is 1.60. The average molecular weight is 253 g/mol. The highest BCUT2D eigenvalue weighted by atomic mass is 16.5. The first-order valence-corrected chi connectivity index (χ1v) is 6.01. The average Bonchev–Trinajstić information content (AvgIpc) is 2.36. The predicted molar refractivity (Wildman–Crippen MR) is 72.3 cm³/mol. The van der Waals surface area contributed by atoms with Gasteiger partial charge in [-0.15, -0.1) is 0 Å². The molecule has 102 valence electrons. The highest BCUT2D eigenvalue weighted by molar-refractivity contribution is 5.47. The topological polar surface area (TPSA) is 50.7 Å². The third-order valence-corrected chi connectivity index (χ3v) is 2.99. The molecule has 18 heavy (non-hydrogen) atoms. The van der Waals surface area contributed by atoms with Crippen LogP contribution in [0.15, 0.2) is 12.1 Å². The Morgan fingerprint density at radius 2 is 1.72 bits per heavy atom. The molecule has 0 amide bonds. The van der Waals surface area contributed by atoms with Gasteiger partial charge in [0.1, 0.15) is 0 Å². The van der Waals surface area contributed by atoms with Crippen molar-refractivity contribution < 1.29 is 14.6 Å². The SMILES string of the molecule is COc1cc(C)c(CNC(C)(C)CO)cc1OC. The van der Waals surface area contributed by atoms with Crippen molar-refractivity contribution >= 4 is 0 Å². The lowest BCUT2D eigenvalue weighted by Gasteiger charge is -2.24. The number of aliphatic hydroxyl groups excluding tert-OH is 1. The molecule has 1 aromatic carbocycles. The van der Waals surface area contributed by atoms with Gasteiger partial charge in [0, 0.05) is 12.1 Å². The molecule has 0 aliphatic carbocycles. The molecule has 0 radical (unpaired) electrons. The van der Waals surface area contributed by atoms with E-state index in [-0.39, 0.29) is 12.1 Å². The van der Waals surface area contributed by atoms with Crippen molar-refractivity contribution in [3.05, 3.63) is 23.3 Å². The lowest BCUT2D eigenvalue weighted by molar-refractivity contribution is 0.187. The minimum Gasteiger partial charge on any atom is -0.493 e. The van der Waals surface area contributed by atoms with E-state index in [9.17, 15) is 5.11 Å². The molecule has 0 spiro atoms. The minimum atomic E-state index is -0.292. The number of hydrogen-bond acceptors (Lipinski definition) is 4. The van der Waals surface area contributed by atoms with Gasteiger partial charge in [0.05, 0.1) is 20.8 Å². The molecule has 4 heteroatoms. The standard InChI is InChI=1S/C14H23NO3/c1-10-6-12(17-4)13(18-5)7-11(10)8-15-14(2,3)9-16/h6-7,15-16H,8-9H2,1-5H3. The summed E-state index contributed by atoms with van der Waals surface area (Å²) < 4.78 is 10.5. The zero-order valence-corrected chi connectivity index (χ0v) is 11.8. The van der Waals surface area contributed by atoms with Crippen molar-refractivity contribution in [2.45, 2.75) is 32.9 Å². The number of hydrogen-bond donors (Lipinski definition) is 2. The van der Waals surface area contributed by atoms with Gasteiger partial charge >= 0.3 is 0 Å². The van der Waals surface area contributed by atoms with E-state index in [2.05, 4.69) is 5.32 Å². The molecule has 0 aliphatic rings. The number of aliphatic hydroxyl groups is 1. The summed E-state index contributed by atoms with van der Waals surface area (Å²) in [6, 6.07) is 3.93. The van der Waals surface area contributed by atoms with Gasteiger partial charge in [-0.2, -0.15) is 0 Å². The first-order chi connectivity index (χ1) is 8.43. The van der Waals surface area contributed by atoms with Crippen LogP contribution in [0.5, 0.6) is 11.5 Å². The Balaban J connectivity index is 2.89. The van der Waals surface area contributed by atoms with Crippen molar-refractivity contribution in [3.63, 3.8) is 0 Å². The molecule has 1 aromatic rings. The fourth-order valence-corrected chi connectivity index (χ4v) is 1.60. The van der Waals surface area contributed by atoms with Crippen LogP contribution in [0.2, 0.25) is 0 Å². The van der Waals surface area contributed by atoms with Gasteiger partial charge < -0.3 is 19.9 Å². The summed E-state index contributed by atoms with van der Waals surface area (Å²) in [7, 11) is 3.26. The lowest BCUT2D eigenvalue weighted by atomic mass is 10.0. The molecule has 0 atom stereocenters. The van der Waals surface area contributed by atoms with Crippen LogP contribution in [0.3, 0.4) is 0 Å². The summed E-state index contributed by atoms with van der Waals surface area (Å²) in [6.45, 7) is 6.73. The molecule has 0 unspecified atom stereocenters. The van der Waals surface area contributed by atoms with E-state index in [1.54, 1.807) is 14.2 Å². The van der Waals surface area contributed by atoms with Gasteiger partial charge in [-0.25, -0.2) is 0 Å². The maximum absolute atomic E-state index is 9.22. The number of nitrogens with one attached hydrogen (secondary N) is 1. The summed E-state index contributed by atoms with van der Waals surface area (Å²) in [5.41, 5.74) is 1.97. The molecule has 0 heterocycles. The Hall–Kier alpha value is -1.26. The van der Waals surface area contributed by atoms with Gasteiger partial charge in [0.25, 0.3) is 0 Å². The molecule has 1 rings (SSSR count). The monoisotopic (exact) mass is 253 g/mol. The number of benzene rings is 1. The second-order valence-electron chi connectivity index (χ2n) is 5.03. The van der Waals surface area contributed by atoms with E-state index in [4.69, 9.17) is 9.47 Å². The van der Waals surface area contributed by atoms with Gasteiger partial charge in [-0.05, 0) is 44.0 Å². The van der Waals surface area contributed by atoms with Crippen LogP contribution < -0.4 is 14.8 Å². The van der Waals surface area contributed by atoms with Crippen LogP contribution in [-0.2, 0) is 6.54 Å². The van der Waals surface area contributed by atoms with Crippen LogP contribution in [0.1, 0.15) is 25.0 Å². The molecule has 2 N–H and O–H groups in total. The number of aryl methyl sites for hydroxylation is 1. The molecular weight excluding hydrogens is 230 g/mol. The first-order valence-electron chi connectivity index (χ1n) is 6.01. The van der Waals surface area contributed by atoms with Crippen LogP contribution in [0, 0.1) is 6.92 Å². The summed E-state index contributed by atoms with van der Waals surface area (Å²) in [4.78, 5) is 0. The fraction of sp³-hybridized carbons (Fsp3) is 0.571. The first kappa shape index (κ1) is 14.8. The van der Waals surface area contributed by atoms with Crippen molar-refractivity contribution in [2.75, 3.05) is 20.8 Å². The quantitative estimate of drug-likeness (QED) is 0.812. The van der Waals surface area contributed by atoms with Crippen molar-refractivity contribution in [3.8, 4) is 11.5 Å². The van der Waals surface area contributed by atoms with Crippen LogP contribution >= 0.6 is 0 Å². The van der Waals surface area contributed by atoms with Crippen LogP contribution in [0.4, 0.5) is 0 Å². The zero-order chi connectivity index (χ0) is 13.8. The maximum atomic E-state index is 9.22. The zero-order valence-electron chi connectivity index (χ0n) is 11.8. The van der Waals surface area contributed by atoms with Gasteiger partial charge in [0.2, 0.25) is 0 Å². The van der Waals surface area contributed by atoms with E-state index < -0.39 is 0 Å². The minimum absolute atomic E-state index is 0.0966. The molecule has 0 aliphatic heterocycles. The van der Waals surface area contributed by atoms with E-state index in [0.29, 0.717) is 6.54 Å². The van der Waals surface area contributed by atoms with Crippen molar-refractivity contribution in [1.82, 2.24) is 5.32 Å². The van der Waals surface area contributed by atoms with E-state index in [0.717, 1.165) is 22.6 Å². The molecule has 0 saturated carbocycles. The highest BCUT2D eigenvalue weighted by Gasteiger charge is 2.16. The van der Waals surface area contributed by atoms with Gasteiger partial charge in [-0.1, -0.05) is 0 Å². The van der Waals surface area contributed by atoms with Crippen LogP contribution in [-0.4, -0.2) is 31.5 Å². The number of rotatable bonds is 6. The highest BCUT2D eigenvalue weighted by Crippen LogP contribution is 2.30. The Morgan fingerprint density at radius 3 is 2.22 bits per heavy atom. The second kappa shape index (κ2) is 6.07. The molecule has 0 fully saturated rings. The lowest BCUT2D eigenvalue weighted by Crippen LogP contribution is -2.42. The normalized spacial score (nSPS) is 11.4. The molecule has 0 bridgehead atoms. The molecule has 0 aromatic heterocycles. The summed E-state index contributed by atoms with van der Waals surface area (Å²) in [5.74, 6) is 1.46. The Labute approximate surface area is 109 Å². The van der Waals surface area contributed by atoms with E-state index in [1.165, 1.54) is 0 Å². The Kier molecular flexibility index (Phi) is 4.99. The smallest absolute Gasteiger partial charge is 0.161 e. The third-order valence-electron chi connectivity index (χ3n) is 2.99. The van der Waals surface area contributed by atoms with Gasteiger partial charge in [-0.3, -0.25) is 0 Å². The number of ether oxygens (including phenoxy) is 2. The Morgan fingerprint density at radius 1 is 1.17 bits per heavy atom. The summed E-state index contributed by atoms with van der Waals surface area (Å²) >= 11 is 0. The maximum Gasteiger partial charge on any atom is 0.161 e. The molecule has 4 nitrogen and oxygen atoms in total. The number of methoxy groups -OCH3 is 2. The van der Waals surface area contributed by atoms with Crippen molar-refractivity contribution in [1.29, 1.82) is 0 Å². The van der Waals surface area contributed by atoms with E-state index >= 15 is 0 Å². The second-order valence-corrected chi connectivity index (χ2v) is 5.03. The summed E-state index contributed by atoms with van der Waals surface area (Å²) in [6.07, 6.45) is 0. The van der Waals surface area contributed by atoms with Crippen LogP contribution in [0.25, 0.3) is 0 Å². The predicted octanol–water partition coefficient (Wildman–Crippen LogP) is 1.87. The third kappa shape index (κ3) is 3.62. The molecular formula is C14H23NO3.